The Morgan fingerprint density at radius 2 is 2.24 bits per heavy atom. The van der Waals surface area contributed by atoms with Gasteiger partial charge in [-0.05, 0) is 26.3 Å². The van der Waals surface area contributed by atoms with Crippen LogP contribution in [0.15, 0.2) is 5.10 Å². The second-order valence-electron chi connectivity index (χ2n) is 4.61. The molecule has 6 nitrogen and oxygen atoms in total. The zero-order chi connectivity index (χ0) is 12.6. The molecule has 7 heteroatoms. The highest BCUT2D eigenvalue weighted by Crippen LogP contribution is 2.26. The highest BCUT2D eigenvalue weighted by Gasteiger charge is 2.41. The molecule has 0 radical (unpaired) electrons. The van der Waals surface area contributed by atoms with Crippen LogP contribution in [-0.4, -0.2) is 49.1 Å². The van der Waals surface area contributed by atoms with E-state index in [1.165, 1.54) is 5.01 Å². The third-order valence-electron chi connectivity index (χ3n) is 3.30. The summed E-state index contributed by atoms with van der Waals surface area (Å²) in [5.41, 5.74) is 6.19. The predicted molar refractivity (Wildman–Crippen MR) is 64.2 cm³/mol. The van der Waals surface area contributed by atoms with Gasteiger partial charge in [-0.1, -0.05) is 0 Å². The SMILES string of the molecule is CC1=NN(C2CCS(=O)(=O)C2)C(=O)C1CCN. The maximum absolute atomic E-state index is 12.1. The smallest absolute Gasteiger partial charge is 0.251 e. The summed E-state index contributed by atoms with van der Waals surface area (Å²) < 4.78 is 22.8. The molecule has 1 amide bonds. The summed E-state index contributed by atoms with van der Waals surface area (Å²) in [6, 6.07) is -0.287. The lowest BCUT2D eigenvalue weighted by atomic mass is 10.0. The molecule has 0 bridgehead atoms. The maximum Gasteiger partial charge on any atom is 0.251 e. The van der Waals surface area contributed by atoms with Crippen molar-refractivity contribution in [3.63, 3.8) is 0 Å². The molecule has 2 aliphatic heterocycles. The van der Waals surface area contributed by atoms with Gasteiger partial charge in [0, 0.05) is 5.71 Å². The van der Waals surface area contributed by atoms with Crippen LogP contribution in [0.3, 0.4) is 0 Å². The Kier molecular flexibility index (Phi) is 3.22. The van der Waals surface area contributed by atoms with Gasteiger partial charge in [-0.25, -0.2) is 13.4 Å². The summed E-state index contributed by atoms with van der Waals surface area (Å²) in [6.45, 7) is 2.22. The fourth-order valence-electron chi connectivity index (χ4n) is 2.36. The molecule has 2 N–H and O–H groups in total. The first kappa shape index (κ1) is 12.5. The number of sulfone groups is 1. The van der Waals surface area contributed by atoms with Gasteiger partial charge >= 0.3 is 0 Å². The van der Waals surface area contributed by atoms with Crippen LogP contribution in [0.25, 0.3) is 0 Å². The normalized spacial score (nSPS) is 32.0. The van der Waals surface area contributed by atoms with Crippen LogP contribution in [0.1, 0.15) is 19.8 Å². The Morgan fingerprint density at radius 3 is 2.76 bits per heavy atom. The lowest BCUT2D eigenvalue weighted by Crippen LogP contribution is -2.37. The number of carbonyl (C=O) groups is 1. The number of nitrogens with two attached hydrogens (primary N) is 1. The van der Waals surface area contributed by atoms with Crippen molar-refractivity contribution < 1.29 is 13.2 Å². The van der Waals surface area contributed by atoms with E-state index >= 15 is 0 Å². The molecule has 2 aliphatic rings. The number of nitrogens with zero attached hydrogens (tertiary/aromatic N) is 2. The van der Waals surface area contributed by atoms with Crippen molar-refractivity contribution in [3.8, 4) is 0 Å². The van der Waals surface area contributed by atoms with Crippen molar-refractivity contribution in [3.05, 3.63) is 0 Å². The van der Waals surface area contributed by atoms with E-state index < -0.39 is 9.84 Å². The number of hydrogen-bond donors (Lipinski definition) is 1. The number of amides is 1. The molecule has 1 fully saturated rings. The fraction of sp³-hybridized carbons (Fsp3) is 0.800. The maximum atomic E-state index is 12.1. The molecule has 2 unspecified atom stereocenters. The highest BCUT2D eigenvalue weighted by atomic mass is 32.2. The first-order chi connectivity index (χ1) is 7.94. The lowest BCUT2D eigenvalue weighted by molar-refractivity contribution is -0.133. The average Bonchev–Trinajstić information content (AvgIpc) is 2.73. The minimum Gasteiger partial charge on any atom is -0.330 e. The largest absolute Gasteiger partial charge is 0.330 e. The summed E-state index contributed by atoms with van der Waals surface area (Å²) in [7, 11) is -2.99. The van der Waals surface area contributed by atoms with Crippen LogP contribution in [-0.2, 0) is 14.6 Å². The molecule has 17 heavy (non-hydrogen) atoms. The number of rotatable bonds is 3. The van der Waals surface area contributed by atoms with Crippen molar-refractivity contribution in [2.24, 2.45) is 16.8 Å². The molecule has 1 saturated heterocycles. The molecular formula is C10H17N3O3S. The minimum atomic E-state index is -2.99. The monoisotopic (exact) mass is 259 g/mol. The number of carbonyl (C=O) groups excluding carboxylic acids is 1. The Labute approximate surface area is 101 Å². The van der Waals surface area contributed by atoms with E-state index in [1.807, 2.05) is 0 Å². The van der Waals surface area contributed by atoms with Gasteiger partial charge in [0.05, 0.1) is 23.5 Å². The van der Waals surface area contributed by atoms with Gasteiger partial charge < -0.3 is 5.73 Å². The van der Waals surface area contributed by atoms with Crippen molar-refractivity contribution >= 4 is 21.5 Å². The van der Waals surface area contributed by atoms with Crippen LogP contribution in [0.5, 0.6) is 0 Å². The van der Waals surface area contributed by atoms with Crippen molar-refractivity contribution in [2.75, 3.05) is 18.1 Å². The number of hydrogen-bond acceptors (Lipinski definition) is 5. The average molecular weight is 259 g/mol. The first-order valence-corrected chi connectivity index (χ1v) is 7.55. The molecule has 0 aliphatic carbocycles. The lowest BCUT2D eigenvalue weighted by Gasteiger charge is -2.19. The van der Waals surface area contributed by atoms with Gasteiger partial charge in [-0.15, -0.1) is 0 Å². The Hall–Kier alpha value is -0.950. The summed E-state index contributed by atoms with van der Waals surface area (Å²) in [6.07, 6.45) is 1.06. The highest BCUT2D eigenvalue weighted by molar-refractivity contribution is 7.91. The van der Waals surface area contributed by atoms with E-state index in [1.54, 1.807) is 6.92 Å². The summed E-state index contributed by atoms with van der Waals surface area (Å²) >= 11 is 0. The molecule has 0 aromatic carbocycles. The molecule has 0 aromatic heterocycles. The van der Waals surface area contributed by atoms with E-state index in [-0.39, 0.29) is 29.4 Å². The van der Waals surface area contributed by atoms with Crippen LogP contribution >= 0.6 is 0 Å². The van der Waals surface area contributed by atoms with Crippen LogP contribution in [0.2, 0.25) is 0 Å². The van der Waals surface area contributed by atoms with E-state index in [4.69, 9.17) is 5.73 Å². The summed E-state index contributed by atoms with van der Waals surface area (Å²) in [5, 5.41) is 5.56. The summed E-state index contributed by atoms with van der Waals surface area (Å²) in [4.78, 5) is 12.1. The standard InChI is InChI=1S/C10H17N3O3S/c1-7-9(2-4-11)10(14)13(12-7)8-3-5-17(15,16)6-8/h8-9H,2-6,11H2,1H3. The van der Waals surface area contributed by atoms with Gasteiger partial charge in [-0.2, -0.15) is 5.10 Å². The zero-order valence-corrected chi connectivity index (χ0v) is 10.6. The van der Waals surface area contributed by atoms with Crippen molar-refractivity contribution in [1.82, 2.24) is 5.01 Å². The van der Waals surface area contributed by atoms with E-state index in [9.17, 15) is 13.2 Å². The van der Waals surface area contributed by atoms with Gasteiger partial charge in [0.1, 0.15) is 0 Å². The Bertz CT molecular complexity index is 457. The third kappa shape index (κ3) is 2.35. The Balaban J connectivity index is 2.12. The van der Waals surface area contributed by atoms with E-state index in [2.05, 4.69) is 5.10 Å². The third-order valence-corrected chi connectivity index (χ3v) is 5.05. The molecule has 2 rings (SSSR count). The Morgan fingerprint density at radius 1 is 1.53 bits per heavy atom. The van der Waals surface area contributed by atoms with Gasteiger partial charge in [0.15, 0.2) is 9.84 Å². The number of hydrazone groups is 1. The molecule has 0 spiro atoms. The second-order valence-corrected chi connectivity index (χ2v) is 6.84. The molecular weight excluding hydrogens is 242 g/mol. The van der Waals surface area contributed by atoms with Crippen molar-refractivity contribution in [1.29, 1.82) is 0 Å². The van der Waals surface area contributed by atoms with E-state index in [0.29, 0.717) is 19.4 Å². The van der Waals surface area contributed by atoms with Crippen LogP contribution < -0.4 is 5.73 Å². The molecule has 96 valence electrons. The van der Waals surface area contributed by atoms with Gasteiger partial charge in [0.25, 0.3) is 5.91 Å². The van der Waals surface area contributed by atoms with E-state index in [0.717, 1.165) is 5.71 Å². The molecule has 2 heterocycles. The summed E-state index contributed by atoms with van der Waals surface area (Å²) in [5.74, 6) is -0.180. The first-order valence-electron chi connectivity index (χ1n) is 5.73. The second kappa shape index (κ2) is 4.38. The predicted octanol–water partition coefficient (Wildman–Crippen LogP) is -0.643. The zero-order valence-electron chi connectivity index (χ0n) is 9.80. The molecule has 0 aromatic rings. The van der Waals surface area contributed by atoms with Crippen LogP contribution in [0, 0.1) is 5.92 Å². The molecule has 2 atom stereocenters. The van der Waals surface area contributed by atoms with Crippen molar-refractivity contribution in [2.45, 2.75) is 25.8 Å². The van der Waals surface area contributed by atoms with Gasteiger partial charge in [-0.3, -0.25) is 4.79 Å². The van der Waals surface area contributed by atoms with Gasteiger partial charge in [0.2, 0.25) is 0 Å². The topological polar surface area (TPSA) is 92.8 Å². The van der Waals surface area contributed by atoms with Crippen LogP contribution in [0.4, 0.5) is 0 Å². The molecule has 0 saturated carbocycles. The fourth-order valence-corrected chi connectivity index (χ4v) is 4.05. The quantitative estimate of drug-likeness (QED) is 0.729. The minimum absolute atomic E-state index is 0.0326.